The van der Waals surface area contributed by atoms with E-state index in [9.17, 15) is 14.7 Å². The third kappa shape index (κ3) is 3.12. The SMILES string of the molecule is CCCCCn1c(C)c(C(=O)c2cccnc2C(=O)O)c2ccccc21. The van der Waals surface area contributed by atoms with E-state index in [1.165, 1.54) is 12.3 Å². The molecule has 3 aromatic rings. The van der Waals surface area contributed by atoms with Crippen molar-refractivity contribution in [3.05, 3.63) is 65.1 Å². The van der Waals surface area contributed by atoms with Crippen LogP contribution in [0.4, 0.5) is 0 Å². The number of aromatic nitrogens is 2. The summed E-state index contributed by atoms with van der Waals surface area (Å²) in [7, 11) is 0. The van der Waals surface area contributed by atoms with Gasteiger partial charge in [-0.3, -0.25) is 4.79 Å². The lowest BCUT2D eigenvalue weighted by Crippen LogP contribution is -2.12. The molecule has 2 aromatic heterocycles. The van der Waals surface area contributed by atoms with Crippen LogP contribution in [-0.4, -0.2) is 26.4 Å². The van der Waals surface area contributed by atoms with Gasteiger partial charge in [-0.2, -0.15) is 0 Å². The first kappa shape index (κ1) is 17.9. The highest BCUT2D eigenvalue weighted by atomic mass is 16.4. The van der Waals surface area contributed by atoms with Crippen LogP contribution in [0, 0.1) is 6.92 Å². The Morgan fingerprint density at radius 3 is 2.62 bits per heavy atom. The van der Waals surface area contributed by atoms with Crippen molar-refractivity contribution in [2.24, 2.45) is 0 Å². The number of rotatable bonds is 7. The standard InChI is InChI=1S/C21H22N2O3/c1-3-4-7-13-23-14(2)18(15-9-5-6-11-17(15)23)20(24)16-10-8-12-22-19(16)21(25)26/h5-6,8-12H,3-4,7,13H2,1-2H3,(H,25,26). The minimum atomic E-state index is -1.20. The molecule has 0 unspecified atom stereocenters. The number of aryl methyl sites for hydroxylation is 1. The van der Waals surface area contributed by atoms with Gasteiger partial charge < -0.3 is 9.67 Å². The van der Waals surface area contributed by atoms with E-state index in [0.29, 0.717) is 5.56 Å². The van der Waals surface area contributed by atoms with Crippen LogP contribution in [0.2, 0.25) is 0 Å². The van der Waals surface area contributed by atoms with E-state index in [4.69, 9.17) is 0 Å². The summed E-state index contributed by atoms with van der Waals surface area (Å²) in [6.45, 7) is 4.92. The number of ketones is 1. The second-order valence-corrected chi connectivity index (χ2v) is 6.37. The number of carboxylic acids is 1. The lowest BCUT2D eigenvalue weighted by Gasteiger charge is -2.08. The van der Waals surface area contributed by atoms with E-state index in [1.54, 1.807) is 6.07 Å². The Hall–Kier alpha value is -2.95. The number of benzene rings is 1. The van der Waals surface area contributed by atoms with E-state index < -0.39 is 5.97 Å². The van der Waals surface area contributed by atoms with Gasteiger partial charge in [-0.1, -0.05) is 38.0 Å². The fraction of sp³-hybridized carbons (Fsp3) is 0.286. The summed E-state index contributed by atoms with van der Waals surface area (Å²) >= 11 is 0. The number of carbonyl (C=O) groups excluding carboxylic acids is 1. The maximum atomic E-state index is 13.2. The largest absolute Gasteiger partial charge is 0.476 e. The van der Waals surface area contributed by atoms with Gasteiger partial charge >= 0.3 is 5.97 Å². The fourth-order valence-electron chi connectivity index (χ4n) is 3.42. The maximum absolute atomic E-state index is 13.2. The average Bonchev–Trinajstić information content (AvgIpc) is 2.93. The quantitative estimate of drug-likeness (QED) is 0.504. The third-order valence-electron chi connectivity index (χ3n) is 4.70. The van der Waals surface area contributed by atoms with Crippen LogP contribution in [0.1, 0.15) is 58.3 Å². The molecular formula is C21H22N2O3. The van der Waals surface area contributed by atoms with Gasteiger partial charge in [0.1, 0.15) is 0 Å². The summed E-state index contributed by atoms with van der Waals surface area (Å²) < 4.78 is 2.16. The summed E-state index contributed by atoms with van der Waals surface area (Å²) in [5.41, 5.74) is 2.35. The van der Waals surface area contributed by atoms with Gasteiger partial charge in [-0.15, -0.1) is 0 Å². The number of hydrogen-bond donors (Lipinski definition) is 1. The van der Waals surface area contributed by atoms with Gasteiger partial charge in [0.25, 0.3) is 0 Å². The Labute approximate surface area is 152 Å². The van der Waals surface area contributed by atoms with E-state index in [2.05, 4.69) is 16.5 Å². The molecule has 5 heteroatoms. The predicted molar refractivity (Wildman–Crippen MR) is 101 cm³/mol. The minimum absolute atomic E-state index is 0.125. The van der Waals surface area contributed by atoms with Gasteiger partial charge in [0.05, 0.1) is 11.1 Å². The first-order chi connectivity index (χ1) is 12.6. The third-order valence-corrected chi connectivity index (χ3v) is 4.70. The highest BCUT2D eigenvalue weighted by Gasteiger charge is 2.25. The van der Waals surface area contributed by atoms with Crippen molar-refractivity contribution in [1.82, 2.24) is 9.55 Å². The lowest BCUT2D eigenvalue weighted by molar-refractivity contribution is 0.0686. The Morgan fingerprint density at radius 1 is 1.12 bits per heavy atom. The van der Waals surface area contributed by atoms with Crippen molar-refractivity contribution in [1.29, 1.82) is 0 Å². The predicted octanol–water partition coefficient (Wildman–Crippen LogP) is 4.46. The first-order valence-electron chi connectivity index (χ1n) is 8.87. The summed E-state index contributed by atoms with van der Waals surface area (Å²) in [6, 6.07) is 10.9. The molecule has 1 N–H and O–H groups in total. The number of carbonyl (C=O) groups is 2. The zero-order valence-electron chi connectivity index (χ0n) is 15.0. The number of carboxylic acid groups (broad SMARTS) is 1. The number of hydrogen-bond acceptors (Lipinski definition) is 3. The summed E-state index contributed by atoms with van der Waals surface area (Å²) in [5, 5.41) is 10.2. The molecule has 2 heterocycles. The molecule has 0 aliphatic heterocycles. The fourth-order valence-corrected chi connectivity index (χ4v) is 3.42. The van der Waals surface area contributed by atoms with Crippen molar-refractivity contribution >= 4 is 22.7 Å². The van der Waals surface area contributed by atoms with Crippen LogP contribution in [-0.2, 0) is 6.54 Å². The average molecular weight is 350 g/mol. The Bertz CT molecular complexity index is 973. The van der Waals surface area contributed by atoms with Gasteiger partial charge in [0.15, 0.2) is 11.5 Å². The Kier molecular flexibility index (Phi) is 5.16. The second-order valence-electron chi connectivity index (χ2n) is 6.37. The van der Waals surface area contributed by atoms with Crippen molar-refractivity contribution in [2.45, 2.75) is 39.7 Å². The highest BCUT2D eigenvalue weighted by molar-refractivity contribution is 6.20. The second kappa shape index (κ2) is 7.52. The van der Waals surface area contributed by atoms with Crippen LogP contribution in [0.25, 0.3) is 10.9 Å². The molecule has 0 radical (unpaired) electrons. The number of fused-ring (bicyclic) bond motifs is 1. The highest BCUT2D eigenvalue weighted by Crippen LogP contribution is 2.29. The molecule has 0 saturated carbocycles. The summed E-state index contributed by atoms with van der Waals surface area (Å²) in [6.07, 6.45) is 4.68. The Balaban J connectivity index is 2.15. The number of aromatic carboxylic acids is 1. The van der Waals surface area contributed by atoms with Crippen molar-refractivity contribution in [3.8, 4) is 0 Å². The molecule has 0 fully saturated rings. The molecule has 0 amide bonds. The van der Waals surface area contributed by atoms with Crippen LogP contribution in [0.5, 0.6) is 0 Å². The maximum Gasteiger partial charge on any atom is 0.355 e. The molecule has 0 aliphatic rings. The zero-order valence-corrected chi connectivity index (χ0v) is 15.0. The summed E-state index contributed by atoms with van der Waals surface area (Å²) in [4.78, 5) is 28.6. The molecule has 0 atom stereocenters. The number of unbranched alkanes of at least 4 members (excludes halogenated alkanes) is 2. The normalized spacial score (nSPS) is 11.0. The van der Waals surface area contributed by atoms with Crippen molar-refractivity contribution < 1.29 is 14.7 Å². The molecule has 3 rings (SSSR count). The van der Waals surface area contributed by atoms with Gasteiger partial charge in [-0.05, 0) is 31.5 Å². The molecule has 0 saturated heterocycles. The van der Waals surface area contributed by atoms with Crippen molar-refractivity contribution in [2.75, 3.05) is 0 Å². The first-order valence-corrected chi connectivity index (χ1v) is 8.87. The lowest BCUT2D eigenvalue weighted by atomic mass is 9.99. The zero-order chi connectivity index (χ0) is 18.7. The van der Waals surface area contributed by atoms with Gasteiger partial charge in [0.2, 0.25) is 0 Å². The molecule has 5 nitrogen and oxygen atoms in total. The molecule has 0 aliphatic carbocycles. The van der Waals surface area contributed by atoms with Crippen molar-refractivity contribution in [3.63, 3.8) is 0 Å². The molecule has 0 bridgehead atoms. The van der Waals surface area contributed by atoms with E-state index in [-0.39, 0.29) is 17.0 Å². The summed E-state index contributed by atoms with van der Waals surface area (Å²) in [5.74, 6) is -1.49. The number of pyridine rings is 1. The number of nitrogens with zero attached hydrogens (tertiary/aromatic N) is 2. The monoisotopic (exact) mass is 350 g/mol. The molecular weight excluding hydrogens is 328 g/mol. The topological polar surface area (TPSA) is 72.2 Å². The smallest absolute Gasteiger partial charge is 0.355 e. The molecule has 134 valence electrons. The van der Waals surface area contributed by atoms with Gasteiger partial charge in [-0.25, -0.2) is 9.78 Å². The molecule has 0 spiro atoms. The van der Waals surface area contributed by atoms with E-state index in [1.807, 2.05) is 31.2 Å². The number of para-hydroxylation sites is 1. The van der Waals surface area contributed by atoms with Crippen LogP contribution >= 0.6 is 0 Å². The minimum Gasteiger partial charge on any atom is -0.476 e. The van der Waals surface area contributed by atoms with Crippen LogP contribution < -0.4 is 0 Å². The van der Waals surface area contributed by atoms with Crippen LogP contribution in [0.15, 0.2) is 42.6 Å². The van der Waals surface area contributed by atoms with E-state index >= 15 is 0 Å². The van der Waals surface area contributed by atoms with E-state index in [0.717, 1.165) is 42.4 Å². The molecule has 26 heavy (non-hydrogen) atoms. The van der Waals surface area contributed by atoms with Crippen LogP contribution in [0.3, 0.4) is 0 Å². The molecule has 1 aromatic carbocycles. The Morgan fingerprint density at radius 2 is 1.88 bits per heavy atom. The van der Waals surface area contributed by atoms with Gasteiger partial charge in [0, 0.05) is 29.3 Å².